The molecule has 0 fully saturated rings. The van der Waals surface area contributed by atoms with Gasteiger partial charge in [-0.1, -0.05) is 29.3 Å². The molecule has 0 saturated heterocycles. The molecule has 2 aromatic carbocycles. The van der Waals surface area contributed by atoms with Crippen LogP contribution < -0.4 is 14.8 Å². The molecule has 4 nitrogen and oxygen atoms in total. The summed E-state index contributed by atoms with van der Waals surface area (Å²) in [6.07, 6.45) is -0.707. The average molecular weight is 354 g/mol. The zero-order chi connectivity index (χ0) is 16.8. The molecule has 0 radical (unpaired) electrons. The Balaban J connectivity index is 2.07. The molecule has 1 N–H and O–H groups in total. The van der Waals surface area contributed by atoms with Crippen LogP contribution in [0.25, 0.3) is 0 Å². The number of halogens is 2. The van der Waals surface area contributed by atoms with Gasteiger partial charge in [0.15, 0.2) is 6.10 Å². The van der Waals surface area contributed by atoms with Gasteiger partial charge in [0.05, 0.1) is 12.3 Å². The van der Waals surface area contributed by atoms with Crippen molar-refractivity contribution in [3.63, 3.8) is 0 Å². The second-order valence-corrected chi connectivity index (χ2v) is 5.65. The molecule has 0 saturated carbocycles. The van der Waals surface area contributed by atoms with Crippen LogP contribution in [0.2, 0.25) is 10.0 Å². The van der Waals surface area contributed by atoms with E-state index in [-0.39, 0.29) is 5.91 Å². The lowest BCUT2D eigenvalue weighted by molar-refractivity contribution is -0.122. The molecule has 0 aromatic heterocycles. The molecule has 0 heterocycles. The van der Waals surface area contributed by atoms with Gasteiger partial charge < -0.3 is 14.8 Å². The highest BCUT2D eigenvalue weighted by molar-refractivity contribution is 6.31. The van der Waals surface area contributed by atoms with Gasteiger partial charge in [0.1, 0.15) is 11.5 Å². The van der Waals surface area contributed by atoms with Crippen LogP contribution in [0.15, 0.2) is 42.5 Å². The first-order valence-electron chi connectivity index (χ1n) is 7.15. The van der Waals surface area contributed by atoms with E-state index >= 15 is 0 Å². The monoisotopic (exact) mass is 353 g/mol. The third-order valence-corrected chi connectivity index (χ3v) is 3.45. The molecular formula is C17H17Cl2NO3. The molecule has 1 amide bonds. The summed E-state index contributed by atoms with van der Waals surface area (Å²) in [5.41, 5.74) is 0.505. The van der Waals surface area contributed by atoms with E-state index in [1.54, 1.807) is 49.4 Å². The van der Waals surface area contributed by atoms with Gasteiger partial charge in [-0.25, -0.2) is 0 Å². The number of anilines is 1. The van der Waals surface area contributed by atoms with Crippen LogP contribution >= 0.6 is 23.2 Å². The number of nitrogens with one attached hydrogen (secondary N) is 1. The Morgan fingerprint density at radius 1 is 1.17 bits per heavy atom. The van der Waals surface area contributed by atoms with Crippen LogP contribution in [0.3, 0.4) is 0 Å². The summed E-state index contributed by atoms with van der Waals surface area (Å²) in [6.45, 7) is 4.01. The summed E-state index contributed by atoms with van der Waals surface area (Å²) in [6, 6.07) is 11.9. The zero-order valence-corrected chi connectivity index (χ0v) is 14.3. The normalized spacial score (nSPS) is 11.7. The summed E-state index contributed by atoms with van der Waals surface area (Å²) in [7, 11) is 0. The maximum Gasteiger partial charge on any atom is 0.265 e. The van der Waals surface area contributed by atoms with Gasteiger partial charge in [-0.15, -0.1) is 0 Å². The van der Waals surface area contributed by atoms with Crippen LogP contribution in [0.5, 0.6) is 11.5 Å². The molecule has 2 rings (SSSR count). The average Bonchev–Trinajstić information content (AvgIpc) is 2.50. The number of rotatable bonds is 6. The highest BCUT2D eigenvalue weighted by Crippen LogP contribution is 2.28. The van der Waals surface area contributed by atoms with E-state index in [2.05, 4.69) is 5.32 Å². The van der Waals surface area contributed by atoms with Crippen molar-refractivity contribution in [1.29, 1.82) is 0 Å². The molecule has 0 spiro atoms. The second kappa shape index (κ2) is 8.09. The third kappa shape index (κ3) is 5.05. The topological polar surface area (TPSA) is 47.6 Å². The first-order valence-corrected chi connectivity index (χ1v) is 7.90. The molecule has 6 heteroatoms. The van der Waals surface area contributed by atoms with Crippen molar-refractivity contribution in [3.8, 4) is 11.5 Å². The van der Waals surface area contributed by atoms with Gasteiger partial charge in [0.25, 0.3) is 5.91 Å². The smallest absolute Gasteiger partial charge is 0.265 e. The summed E-state index contributed by atoms with van der Waals surface area (Å²) in [5, 5.41) is 3.82. The van der Waals surface area contributed by atoms with Crippen molar-refractivity contribution >= 4 is 34.8 Å². The van der Waals surface area contributed by atoms with Crippen molar-refractivity contribution in [2.75, 3.05) is 11.9 Å². The first kappa shape index (κ1) is 17.4. The predicted molar refractivity (Wildman–Crippen MR) is 92.8 cm³/mol. The van der Waals surface area contributed by atoms with Crippen LogP contribution in [0, 0.1) is 0 Å². The summed E-state index contributed by atoms with van der Waals surface area (Å²) in [4.78, 5) is 12.3. The molecule has 0 aliphatic heterocycles. The van der Waals surface area contributed by atoms with Gasteiger partial charge in [-0.2, -0.15) is 0 Å². The Kier molecular flexibility index (Phi) is 6.13. The third-order valence-electron chi connectivity index (χ3n) is 2.98. The summed E-state index contributed by atoms with van der Waals surface area (Å²) in [5.74, 6) is 0.768. The number of carbonyl (C=O) groups excluding carboxylic acids is 1. The van der Waals surface area contributed by atoms with Gasteiger partial charge in [0.2, 0.25) is 0 Å². The molecule has 2 aromatic rings. The van der Waals surface area contributed by atoms with Gasteiger partial charge in [-0.05, 0) is 50.2 Å². The molecule has 0 aliphatic rings. The second-order valence-electron chi connectivity index (χ2n) is 4.78. The number of benzene rings is 2. The highest BCUT2D eigenvalue weighted by atomic mass is 35.5. The minimum Gasteiger partial charge on any atom is -0.492 e. The van der Waals surface area contributed by atoms with Crippen molar-refractivity contribution in [1.82, 2.24) is 0 Å². The van der Waals surface area contributed by atoms with E-state index in [0.717, 1.165) is 0 Å². The Labute approximate surface area is 145 Å². The standard InChI is InChI=1S/C17H17Cl2NO3/c1-3-22-16-8-7-13(19)10-15(16)20-17(21)11(2)23-14-6-4-5-12(18)9-14/h4-11H,3H2,1-2H3,(H,20,21). The van der Waals surface area contributed by atoms with Crippen molar-refractivity contribution in [3.05, 3.63) is 52.5 Å². The number of hydrogen-bond donors (Lipinski definition) is 1. The van der Waals surface area contributed by atoms with E-state index in [1.807, 2.05) is 6.92 Å². The van der Waals surface area contributed by atoms with Gasteiger partial charge in [0, 0.05) is 10.0 Å². The fourth-order valence-electron chi connectivity index (χ4n) is 1.91. The SMILES string of the molecule is CCOc1ccc(Cl)cc1NC(=O)C(C)Oc1cccc(Cl)c1. The summed E-state index contributed by atoms with van der Waals surface area (Å²) >= 11 is 11.9. The lowest BCUT2D eigenvalue weighted by Crippen LogP contribution is -2.30. The lowest BCUT2D eigenvalue weighted by atomic mass is 10.2. The maximum absolute atomic E-state index is 12.3. The van der Waals surface area contributed by atoms with Crippen LogP contribution in [0.1, 0.15) is 13.8 Å². The van der Waals surface area contributed by atoms with Crippen molar-refractivity contribution < 1.29 is 14.3 Å². The molecule has 23 heavy (non-hydrogen) atoms. The van der Waals surface area contributed by atoms with Gasteiger partial charge >= 0.3 is 0 Å². The number of hydrogen-bond acceptors (Lipinski definition) is 3. The predicted octanol–water partition coefficient (Wildman–Crippen LogP) is 4.80. The highest BCUT2D eigenvalue weighted by Gasteiger charge is 2.17. The molecule has 1 unspecified atom stereocenters. The Morgan fingerprint density at radius 2 is 1.91 bits per heavy atom. The number of ether oxygens (including phenoxy) is 2. The van der Waals surface area contributed by atoms with E-state index in [9.17, 15) is 4.79 Å². The minimum absolute atomic E-state index is 0.312. The fourth-order valence-corrected chi connectivity index (χ4v) is 2.27. The van der Waals surface area contributed by atoms with E-state index < -0.39 is 6.10 Å². The van der Waals surface area contributed by atoms with Crippen molar-refractivity contribution in [2.45, 2.75) is 20.0 Å². The maximum atomic E-state index is 12.3. The van der Waals surface area contributed by atoms with Crippen LogP contribution in [0.4, 0.5) is 5.69 Å². The fraction of sp³-hybridized carbons (Fsp3) is 0.235. The number of carbonyl (C=O) groups is 1. The Hall–Kier alpha value is -1.91. The Morgan fingerprint density at radius 3 is 2.61 bits per heavy atom. The minimum atomic E-state index is -0.707. The molecule has 0 aliphatic carbocycles. The lowest BCUT2D eigenvalue weighted by Gasteiger charge is -2.17. The van der Waals surface area contributed by atoms with E-state index in [1.165, 1.54) is 0 Å². The largest absolute Gasteiger partial charge is 0.492 e. The molecular weight excluding hydrogens is 337 g/mol. The Bertz CT molecular complexity index is 691. The van der Waals surface area contributed by atoms with Crippen LogP contribution in [-0.4, -0.2) is 18.6 Å². The van der Waals surface area contributed by atoms with E-state index in [4.69, 9.17) is 32.7 Å². The number of amides is 1. The van der Waals surface area contributed by atoms with Crippen LogP contribution in [-0.2, 0) is 4.79 Å². The van der Waals surface area contributed by atoms with Crippen molar-refractivity contribution in [2.24, 2.45) is 0 Å². The zero-order valence-electron chi connectivity index (χ0n) is 12.8. The van der Waals surface area contributed by atoms with Gasteiger partial charge in [-0.3, -0.25) is 4.79 Å². The molecule has 122 valence electrons. The summed E-state index contributed by atoms with van der Waals surface area (Å²) < 4.78 is 11.1. The quantitative estimate of drug-likeness (QED) is 0.811. The first-order chi connectivity index (χ1) is 11.0. The molecule has 1 atom stereocenters. The van der Waals surface area contributed by atoms with E-state index in [0.29, 0.717) is 33.8 Å². The molecule has 0 bridgehead atoms.